The van der Waals surface area contributed by atoms with Gasteiger partial charge in [0.1, 0.15) is 0 Å². The molecule has 0 N–H and O–H groups in total. The highest BCUT2D eigenvalue weighted by Crippen LogP contribution is 2.44. The van der Waals surface area contributed by atoms with E-state index in [1.165, 1.54) is 6.07 Å². The molecule has 2 aromatic carbocycles. The Kier molecular flexibility index (Phi) is 14.1. The molecule has 184 valence electrons. The molecule has 0 fully saturated rings. The van der Waals surface area contributed by atoms with Crippen molar-refractivity contribution in [1.29, 1.82) is 0 Å². The van der Waals surface area contributed by atoms with Crippen LogP contribution < -0.4 is 0 Å². The second kappa shape index (κ2) is 14.1. The molecule has 32 heavy (non-hydrogen) atoms. The summed E-state index contributed by atoms with van der Waals surface area (Å²) >= 11 is 0. The molecule has 2 rings (SSSR count). The topological polar surface area (TPSA) is 0 Å². The van der Waals surface area contributed by atoms with Gasteiger partial charge in [0, 0.05) is 25.3 Å². The maximum atomic E-state index is 13.4. The summed E-state index contributed by atoms with van der Waals surface area (Å²) < 4.78 is 100. The van der Waals surface area contributed by atoms with Gasteiger partial charge in [-0.3, -0.25) is 0 Å². The average molecular weight is 473 g/mol. The Morgan fingerprint density at radius 3 is 1.25 bits per heavy atom. The van der Waals surface area contributed by atoms with E-state index in [1.807, 2.05) is 50.2 Å². The Hall–Kier alpha value is -2.12. The number of hydrogen-bond acceptors (Lipinski definition) is 0. The minimum Gasteiger partial charge on any atom is -0.200 e. The third-order valence-corrected chi connectivity index (χ3v) is 4.04. The standard InChI is InChI=1S/C11H12F4.C6H6.C5H8F4.C2H6/c1-3-10(12,13)11(14,15)9-6-4-5-8(2)7-9;1-2-4-6-5-3-1;1-3-5(8,9)4(2,6)7;1-2/h4-7H,3H2,1-2H3;1-6H;3H2,1-2H3;1-2H3. The fourth-order valence-electron chi connectivity index (χ4n) is 1.97. The van der Waals surface area contributed by atoms with Crippen molar-refractivity contribution < 1.29 is 35.1 Å². The van der Waals surface area contributed by atoms with E-state index in [2.05, 4.69) is 0 Å². The normalized spacial score (nSPS) is 11.7. The molecule has 0 heterocycles. The molecule has 0 atom stereocenters. The number of hydrogen-bond donors (Lipinski definition) is 0. The van der Waals surface area contributed by atoms with Crippen molar-refractivity contribution in [2.75, 3.05) is 0 Å². The summed E-state index contributed by atoms with van der Waals surface area (Å²) in [5, 5.41) is 0. The third-order valence-electron chi connectivity index (χ3n) is 4.04. The molecular weight excluding hydrogens is 440 g/mol. The minimum absolute atomic E-state index is 0.219. The molecule has 0 nitrogen and oxygen atoms in total. The second-order valence-electron chi connectivity index (χ2n) is 6.60. The van der Waals surface area contributed by atoms with Crippen LogP contribution in [0.15, 0.2) is 60.7 Å². The lowest BCUT2D eigenvalue weighted by molar-refractivity contribution is -0.217. The van der Waals surface area contributed by atoms with Gasteiger partial charge < -0.3 is 0 Å². The van der Waals surface area contributed by atoms with Crippen molar-refractivity contribution in [2.45, 2.75) is 78.1 Å². The smallest absolute Gasteiger partial charge is 0.200 e. The van der Waals surface area contributed by atoms with E-state index in [4.69, 9.17) is 0 Å². The largest absolute Gasteiger partial charge is 0.335 e. The first kappa shape index (κ1) is 32.1. The Bertz CT molecular complexity index is 696. The molecule has 0 saturated heterocycles. The first-order chi connectivity index (χ1) is 14.6. The van der Waals surface area contributed by atoms with Crippen molar-refractivity contribution >= 4 is 0 Å². The number of benzene rings is 2. The van der Waals surface area contributed by atoms with Gasteiger partial charge in [0.2, 0.25) is 0 Å². The molecule has 8 heteroatoms. The molecule has 0 spiro atoms. The lowest BCUT2D eigenvalue weighted by Crippen LogP contribution is -2.37. The average Bonchev–Trinajstić information content (AvgIpc) is 2.76. The molecule has 0 bridgehead atoms. The van der Waals surface area contributed by atoms with Crippen LogP contribution in [0, 0.1) is 6.92 Å². The Balaban J connectivity index is 0. The molecule has 0 aliphatic heterocycles. The second-order valence-corrected chi connectivity index (χ2v) is 6.60. The van der Waals surface area contributed by atoms with E-state index in [1.54, 1.807) is 13.0 Å². The van der Waals surface area contributed by atoms with Crippen LogP contribution in [-0.2, 0) is 5.92 Å². The van der Waals surface area contributed by atoms with Crippen molar-refractivity contribution in [3.63, 3.8) is 0 Å². The van der Waals surface area contributed by atoms with E-state index < -0.39 is 42.1 Å². The van der Waals surface area contributed by atoms with Crippen LogP contribution in [0.25, 0.3) is 0 Å². The fraction of sp³-hybridized carbons (Fsp3) is 0.500. The van der Waals surface area contributed by atoms with E-state index in [9.17, 15) is 35.1 Å². The predicted octanol–water partition coefficient (Wildman–Crippen LogP) is 9.53. The highest BCUT2D eigenvalue weighted by molar-refractivity contribution is 5.27. The molecule has 0 saturated carbocycles. The predicted molar refractivity (Wildman–Crippen MR) is 114 cm³/mol. The SMILES string of the molecule is CC.CCC(F)(F)C(C)(F)F.CCC(F)(F)C(F)(F)c1cccc(C)c1.c1ccccc1. The zero-order valence-corrected chi connectivity index (χ0v) is 19.2. The van der Waals surface area contributed by atoms with E-state index in [-0.39, 0.29) is 6.92 Å². The number of halogens is 8. The van der Waals surface area contributed by atoms with Crippen LogP contribution in [-0.4, -0.2) is 17.8 Å². The summed E-state index contributed by atoms with van der Waals surface area (Å²) in [6.07, 6.45) is -1.70. The van der Waals surface area contributed by atoms with Gasteiger partial charge in [-0.25, -0.2) is 8.78 Å². The minimum atomic E-state index is -4.10. The van der Waals surface area contributed by atoms with Gasteiger partial charge in [-0.2, -0.15) is 26.3 Å². The van der Waals surface area contributed by atoms with Crippen LogP contribution in [0.1, 0.15) is 58.6 Å². The summed E-state index contributed by atoms with van der Waals surface area (Å²) in [7, 11) is 0. The first-order valence-corrected chi connectivity index (χ1v) is 10.2. The van der Waals surface area contributed by atoms with E-state index >= 15 is 0 Å². The molecule has 0 amide bonds. The number of aryl methyl sites for hydroxylation is 1. The fourth-order valence-corrected chi connectivity index (χ4v) is 1.97. The molecule has 0 unspecified atom stereocenters. The third kappa shape index (κ3) is 10.5. The van der Waals surface area contributed by atoms with Crippen LogP contribution >= 0.6 is 0 Å². The molecule has 0 aliphatic carbocycles. The monoisotopic (exact) mass is 472 g/mol. The maximum Gasteiger partial charge on any atom is 0.335 e. The molecular formula is C24H32F8. The zero-order valence-electron chi connectivity index (χ0n) is 19.2. The summed E-state index contributed by atoms with van der Waals surface area (Å²) in [6.45, 7) is 7.88. The van der Waals surface area contributed by atoms with E-state index in [0.29, 0.717) is 5.56 Å². The van der Waals surface area contributed by atoms with Gasteiger partial charge in [0.15, 0.2) is 0 Å². The molecule has 0 aliphatic rings. The summed E-state index contributed by atoms with van der Waals surface area (Å²) in [5.41, 5.74) is -0.0894. The Morgan fingerprint density at radius 1 is 0.625 bits per heavy atom. The molecule has 0 aromatic heterocycles. The summed E-state index contributed by atoms with van der Waals surface area (Å²) in [4.78, 5) is 0. The summed E-state index contributed by atoms with van der Waals surface area (Å²) in [5.74, 6) is -15.8. The van der Waals surface area contributed by atoms with Gasteiger partial charge in [-0.05, 0) is 13.0 Å². The van der Waals surface area contributed by atoms with Gasteiger partial charge >= 0.3 is 23.7 Å². The van der Waals surface area contributed by atoms with Crippen LogP contribution in [0.4, 0.5) is 35.1 Å². The quantitative estimate of drug-likeness (QED) is 0.380. The van der Waals surface area contributed by atoms with Gasteiger partial charge in [-0.15, -0.1) is 0 Å². The van der Waals surface area contributed by atoms with Crippen molar-refractivity contribution in [2.24, 2.45) is 0 Å². The van der Waals surface area contributed by atoms with Crippen LogP contribution in [0.3, 0.4) is 0 Å². The Labute approximate surface area is 185 Å². The van der Waals surface area contributed by atoms with Crippen molar-refractivity contribution in [1.82, 2.24) is 0 Å². The number of alkyl halides is 8. The van der Waals surface area contributed by atoms with Gasteiger partial charge in [-0.1, -0.05) is 87.9 Å². The highest BCUT2D eigenvalue weighted by atomic mass is 19.3. The van der Waals surface area contributed by atoms with Gasteiger partial charge in [0.05, 0.1) is 0 Å². The first-order valence-electron chi connectivity index (χ1n) is 10.2. The Morgan fingerprint density at radius 2 is 1.00 bits per heavy atom. The lowest BCUT2D eigenvalue weighted by Gasteiger charge is -2.25. The zero-order chi connectivity index (χ0) is 25.6. The highest BCUT2D eigenvalue weighted by Gasteiger charge is 2.55. The lowest BCUT2D eigenvalue weighted by atomic mass is 9.99. The molecule has 2 aromatic rings. The van der Waals surface area contributed by atoms with Crippen molar-refractivity contribution in [3.05, 3.63) is 71.8 Å². The molecule has 0 radical (unpaired) electrons. The maximum absolute atomic E-state index is 13.4. The summed E-state index contributed by atoms with van der Waals surface area (Å²) in [6, 6.07) is 17.0. The van der Waals surface area contributed by atoms with Crippen LogP contribution in [0.2, 0.25) is 0 Å². The van der Waals surface area contributed by atoms with Gasteiger partial charge in [0.25, 0.3) is 0 Å². The van der Waals surface area contributed by atoms with Crippen LogP contribution in [0.5, 0.6) is 0 Å². The number of rotatable bonds is 5. The van der Waals surface area contributed by atoms with Crippen molar-refractivity contribution in [3.8, 4) is 0 Å². The van der Waals surface area contributed by atoms with E-state index in [0.717, 1.165) is 26.0 Å².